The van der Waals surface area contributed by atoms with Gasteiger partial charge in [-0.05, 0) is 25.2 Å². The Morgan fingerprint density at radius 2 is 2.38 bits per heavy atom. The van der Waals surface area contributed by atoms with Gasteiger partial charge in [0.05, 0.1) is 12.2 Å². The second-order valence-electron chi connectivity index (χ2n) is 3.50. The molecule has 0 unspecified atom stereocenters. The number of amides is 1. The first kappa shape index (κ1) is 10.6. The van der Waals surface area contributed by atoms with Crippen molar-refractivity contribution >= 4 is 17.4 Å². The topological polar surface area (TPSA) is 67.4 Å². The van der Waals surface area contributed by atoms with Crippen molar-refractivity contribution in [2.75, 3.05) is 25.5 Å². The maximum absolute atomic E-state index is 11.6. The Bertz CT molecular complexity index is 443. The summed E-state index contributed by atoms with van der Waals surface area (Å²) in [5.74, 6) is 0.372. The Morgan fingerprint density at radius 3 is 3.12 bits per heavy atom. The monoisotopic (exact) mass is 220 g/mol. The molecule has 1 heterocycles. The Morgan fingerprint density at radius 1 is 1.56 bits per heavy atom. The van der Waals surface area contributed by atoms with Crippen molar-refractivity contribution in [3.63, 3.8) is 0 Å². The fourth-order valence-corrected chi connectivity index (χ4v) is 1.52. The lowest BCUT2D eigenvalue weighted by atomic mass is 10.1. The molecule has 1 amide bonds. The van der Waals surface area contributed by atoms with Gasteiger partial charge in [-0.3, -0.25) is 9.59 Å². The minimum atomic E-state index is -0.203. The van der Waals surface area contributed by atoms with E-state index in [2.05, 4.69) is 10.6 Å². The van der Waals surface area contributed by atoms with E-state index in [0.717, 1.165) is 0 Å². The standard InChI is InChI=1S/C11H12N2O3/c1-12-5-9(14)7-2-3-10-8(4-7)13-11(15)6-16-10/h2-4,12H,5-6H2,1H3,(H,13,15). The van der Waals surface area contributed by atoms with E-state index in [1.54, 1.807) is 25.2 Å². The van der Waals surface area contributed by atoms with Crippen molar-refractivity contribution in [3.8, 4) is 5.75 Å². The molecule has 0 fully saturated rings. The third-order valence-electron chi connectivity index (χ3n) is 2.27. The molecule has 0 aliphatic carbocycles. The first-order valence-electron chi connectivity index (χ1n) is 4.95. The van der Waals surface area contributed by atoms with Crippen molar-refractivity contribution < 1.29 is 14.3 Å². The summed E-state index contributed by atoms with van der Waals surface area (Å²) in [4.78, 5) is 22.7. The second kappa shape index (κ2) is 4.32. The van der Waals surface area contributed by atoms with Crippen LogP contribution in [0.4, 0.5) is 5.69 Å². The summed E-state index contributed by atoms with van der Waals surface area (Å²) in [6.45, 7) is 0.296. The number of rotatable bonds is 3. The SMILES string of the molecule is CNCC(=O)c1ccc2c(c1)NC(=O)CO2. The van der Waals surface area contributed by atoms with Gasteiger partial charge in [0.15, 0.2) is 12.4 Å². The van der Waals surface area contributed by atoms with Crippen molar-refractivity contribution in [1.29, 1.82) is 0 Å². The molecule has 2 rings (SSSR count). The molecule has 0 spiro atoms. The molecular formula is C11H12N2O3. The highest BCUT2D eigenvalue weighted by atomic mass is 16.5. The first-order valence-corrected chi connectivity index (χ1v) is 4.95. The van der Waals surface area contributed by atoms with Crippen molar-refractivity contribution in [1.82, 2.24) is 5.32 Å². The average Bonchev–Trinajstić information content (AvgIpc) is 2.28. The number of likely N-dealkylation sites (N-methyl/N-ethyl adjacent to an activating group) is 1. The largest absolute Gasteiger partial charge is 0.482 e. The van der Waals surface area contributed by atoms with Crippen LogP contribution in [0.1, 0.15) is 10.4 Å². The van der Waals surface area contributed by atoms with Crippen molar-refractivity contribution in [2.24, 2.45) is 0 Å². The minimum absolute atomic E-state index is 0.0230. The first-order chi connectivity index (χ1) is 7.70. The second-order valence-corrected chi connectivity index (χ2v) is 3.50. The lowest BCUT2D eigenvalue weighted by molar-refractivity contribution is -0.118. The summed E-state index contributed by atoms with van der Waals surface area (Å²) in [6.07, 6.45) is 0. The maximum atomic E-state index is 11.6. The number of ether oxygens (including phenoxy) is 1. The van der Waals surface area contributed by atoms with E-state index in [1.807, 2.05) is 0 Å². The molecule has 0 atom stereocenters. The van der Waals surface area contributed by atoms with Crippen LogP contribution < -0.4 is 15.4 Å². The number of anilines is 1. The fourth-order valence-electron chi connectivity index (χ4n) is 1.52. The molecule has 0 bridgehead atoms. The van der Waals surface area contributed by atoms with Gasteiger partial charge >= 0.3 is 0 Å². The molecule has 5 heteroatoms. The molecule has 2 N–H and O–H groups in total. The van der Waals surface area contributed by atoms with Gasteiger partial charge in [0, 0.05) is 5.56 Å². The molecule has 1 aromatic carbocycles. The minimum Gasteiger partial charge on any atom is -0.482 e. The van der Waals surface area contributed by atoms with Gasteiger partial charge in [-0.2, -0.15) is 0 Å². The van der Waals surface area contributed by atoms with E-state index >= 15 is 0 Å². The van der Waals surface area contributed by atoms with E-state index in [1.165, 1.54) is 0 Å². The van der Waals surface area contributed by atoms with Crippen molar-refractivity contribution in [3.05, 3.63) is 23.8 Å². The van der Waals surface area contributed by atoms with E-state index in [0.29, 0.717) is 17.0 Å². The molecular weight excluding hydrogens is 208 g/mol. The van der Waals surface area contributed by atoms with E-state index < -0.39 is 0 Å². The zero-order valence-corrected chi connectivity index (χ0v) is 8.87. The Labute approximate surface area is 92.8 Å². The van der Waals surface area contributed by atoms with Crippen LogP contribution in [0.2, 0.25) is 0 Å². The molecule has 1 aliphatic heterocycles. The number of carbonyl (C=O) groups excluding carboxylic acids is 2. The number of benzene rings is 1. The zero-order chi connectivity index (χ0) is 11.5. The predicted octanol–water partition coefficient (Wildman–Crippen LogP) is 0.420. The molecule has 16 heavy (non-hydrogen) atoms. The van der Waals surface area contributed by atoms with Crippen LogP contribution >= 0.6 is 0 Å². The maximum Gasteiger partial charge on any atom is 0.262 e. The van der Waals surface area contributed by atoms with Gasteiger partial charge in [-0.25, -0.2) is 0 Å². The van der Waals surface area contributed by atoms with Gasteiger partial charge in [0.1, 0.15) is 5.75 Å². The Balaban J connectivity index is 2.27. The number of nitrogens with one attached hydrogen (secondary N) is 2. The highest BCUT2D eigenvalue weighted by Crippen LogP contribution is 2.28. The summed E-state index contributed by atoms with van der Waals surface area (Å²) in [6, 6.07) is 5.01. The van der Waals surface area contributed by atoms with Gasteiger partial charge in [-0.1, -0.05) is 0 Å². The summed E-state index contributed by atoms with van der Waals surface area (Å²) in [5.41, 5.74) is 1.11. The number of hydrogen-bond donors (Lipinski definition) is 2. The van der Waals surface area contributed by atoms with Gasteiger partial charge in [0.2, 0.25) is 0 Å². The molecule has 84 valence electrons. The lowest BCUT2D eigenvalue weighted by Gasteiger charge is -2.18. The highest BCUT2D eigenvalue weighted by molar-refractivity contribution is 6.01. The smallest absolute Gasteiger partial charge is 0.262 e. The summed E-state index contributed by atoms with van der Waals surface area (Å²) in [5, 5.41) is 5.45. The average molecular weight is 220 g/mol. The summed E-state index contributed by atoms with van der Waals surface area (Å²) >= 11 is 0. The molecule has 1 aromatic rings. The van der Waals surface area contributed by atoms with Gasteiger partial charge < -0.3 is 15.4 Å². The molecule has 5 nitrogen and oxygen atoms in total. The predicted molar refractivity (Wildman–Crippen MR) is 58.8 cm³/mol. The van der Waals surface area contributed by atoms with E-state index in [-0.39, 0.29) is 24.8 Å². The summed E-state index contributed by atoms with van der Waals surface area (Å²) < 4.78 is 5.19. The molecule has 1 aliphatic rings. The summed E-state index contributed by atoms with van der Waals surface area (Å²) in [7, 11) is 1.71. The highest BCUT2D eigenvalue weighted by Gasteiger charge is 2.17. The van der Waals surface area contributed by atoms with Crippen LogP contribution in [0.15, 0.2) is 18.2 Å². The fraction of sp³-hybridized carbons (Fsp3) is 0.273. The normalized spacial score (nSPS) is 13.7. The number of Topliss-reactive ketones (excluding diaryl/α,β-unsaturated/α-hetero) is 1. The van der Waals surface area contributed by atoms with Crippen LogP contribution in [0.3, 0.4) is 0 Å². The molecule has 0 saturated heterocycles. The van der Waals surface area contributed by atoms with E-state index in [9.17, 15) is 9.59 Å². The van der Waals surface area contributed by atoms with Crippen LogP contribution in [0.5, 0.6) is 5.75 Å². The van der Waals surface area contributed by atoms with Crippen molar-refractivity contribution in [2.45, 2.75) is 0 Å². The van der Waals surface area contributed by atoms with Crippen LogP contribution in [0, 0.1) is 0 Å². The van der Waals surface area contributed by atoms with Gasteiger partial charge in [0.25, 0.3) is 5.91 Å². The number of hydrogen-bond acceptors (Lipinski definition) is 4. The number of carbonyl (C=O) groups is 2. The zero-order valence-electron chi connectivity index (χ0n) is 8.87. The van der Waals surface area contributed by atoms with E-state index in [4.69, 9.17) is 4.74 Å². The molecule has 0 aromatic heterocycles. The Kier molecular flexibility index (Phi) is 2.87. The third-order valence-corrected chi connectivity index (χ3v) is 2.27. The third kappa shape index (κ3) is 2.04. The van der Waals surface area contributed by atoms with Crippen LogP contribution in [0.25, 0.3) is 0 Å². The van der Waals surface area contributed by atoms with Gasteiger partial charge in [-0.15, -0.1) is 0 Å². The van der Waals surface area contributed by atoms with Crippen LogP contribution in [-0.4, -0.2) is 31.9 Å². The Hall–Kier alpha value is -1.88. The number of ketones is 1. The molecule has 0 radical (unpaired) electrons. The molecule has 0 saturated carbocycles. The van der Waals surface area contributed by atoms with Crippen LogP contribution in [-0.2, 0) is 4.79 Å². The lowest BCUT2D eigenvalue weighted by Crippen LogP contribution is -2.26. The quantitative estimate of drug-likeness (QED) is 0.724. The number of fused-ring (bicyclic) bond motifs is 1.